The van der Waals surface area contributed by atoms with Crippen molar-refractivity contribution in [2.24, 2.45) is 0 Å². The smallest absolute Gasteiger partial charge is 0.341 e. The molecular formula is C13H10F3N3O2. The minimum atomic E-state index is -1.58. The summed E-state index contributed by atoms with van der Waals surface area (Å²) in [5, 5.41) is 2.51. The number of carbonyl (C=O) groups excluding carboxylic acids is 1. The summed E-state index contributed by atoms with van der Waals surface area (Å²) in [5.74, 6) is -5.08. The first-order chi connectivity index (χ1) is 9.92. The summed E-state index contributed by atoms with van der Waals surface area (Å²) >= 11 is 0. The lowest BCUT2D eigenvalue weighted by Gasteiger charge is -2.11. The zero-order valence-electron chi connectivity index (χ0n) is 10.8. The van der Waals surface area contributed by atoms with Gasteiger partial charge in [-0.15, -0.1) is 0 Å². The largest absolute Gasteiger partial charge is 0.465 e. The molecule has 8 heteroatoms. The molecule has 21 heavy (non-hydrogen) atoms. The van der Waals surface area contributed by atoms with Gasteiger partial charge in [-0.05, 0) is 6.07 Å². The Morgan fingerprint density at radius 1 is 1.24 bits per heavy atom. The number of anilines is 3. The summed E-state index contributed by atoms with van der Waals surface area (Å²) in [4.78, 5) is 15.4. The lowest BCUT2D eigenvalue weighted by Crippen LogP contribution is -2.09. The first-order valence-corrected chi connectivity index (χ1v) is 5.67. The fourth-order valence-corrected chi connectivity index (χ4v) is 1.61. The number of rotatable bonds is 3. The van der Waals surface area contributed by atoms with Crippen molar-refractivity contribution in [3.8, 4) is 0 Å². The monoisotopic (exact) mass is 297 g/mol. The van der Waals surface area contributed by atoms with Crippen molar-refractivity contribution >= 4 is 23.2 Å². The molecule has 2 aromatic rings. The van der Waals surface area contributed by atoms with Gasteiger partial charge in [-0.2, -0.15) is 0 Å². The van der Waals surface area contributed by atoms with Gasteiger partial charge in [0, 0.05) is 17.8 Å². The number of pyridine rings is 1. The highest BCUT2D eigenvalue weighted by molar-refractivity contribution is 5.96. The summed E-state index contributed by atoms with van der Waals surface area (Å²) in [6.07, 6.45) is 1.24. The van der Waals surface area contributed by atoms with E-state index >= 15 is 0 Å². The predicted molar refractivity (Wildman–Crippen MR) is 69.6 cm³/mol. The molecule has 110 valence electrons. The van der Waals surface area contributed by atoms with Crippen LogP contribution in [-0.4, -0.2) is 18.1 Å². The first-order valence-electron chi connectivity index (χ1n) is 5.67. The average Bonchev–Trinajstić information content (AvgIpc) is 2.45. The van der Waals surface area contributed by atoms with E-state index < -0.39 is 23.4 Å². The number of hydrogen-bond acceptors (Lipinski definition) is 5. The molecule has 0 spiro atoms. The van der Waals surface area contributed by atoms with E-state index in [1.807, 2.05) is 0 Å². The number of halogens is 3. The van der Waals surface area contributed by atoms with Gasteiger partial charge >= 0.3 is 5.97 Å². The lowest BCUT2D eigenvalue weighted by atomic mass is 10.2. The van der Waals surface area contributed by atoms with Gasteiger partial charge in [-0.25, -0.2) is 22.9 Å². The number of nitrogens with two attached hydrogens (primary N) is 1. The Balaban J connectivity index is 2.42. The lowest BCUT2D eigenvalue weighted by molar-refractivity contribution is 0.0601. The van der Waals surface area contributed by atoms with Crippen molar-refractivity contribution in [1.29, 1.82) is 0 Å². The molecule has 0 aliphatic carbocycles. The average molecular weight is 297 g/mol. The van der Waals surface area contributed by atoms with Gasteiger partial charge in [0.05, 0.1) is 19.0 Å². The fraction of sp³-hybridized carbons (Fsp3) is 0.0769. The highest BCUT2D eigenvalue weighted by atomic mass is 19.2. The van der Waals surface area contributed by atoms with E-state index in [2.05, 4.69) is 15.0 Å². The van der Waals surface area contributed by atoms with E-state index in [4.69, 9.17) is 5.73 Å². The highest BCUT2D eigenvalue weighted by Gasteiger charge is 2.16. The Labute approximate surface area is 117 Å². The van der Waals surface area contributed by atoms with Crippen LogP contribution in [0.3, 0.4) is 0 Å². The standard InChI is InChI=1S/C13H10F3N3O2/c1-21-13(20)8-2-6(17)5-18-12(8)19-7-3-9(14)11(16)10(15)4-7/h2-5H,17H2,1H3,(H,18,19). The van der Waals surface area contributed by atoms with Gasteiger partial charge in [0.15, 0.2) is 17.5 Å². The van der Waals surface area contributed by atoms with E-state index in [1.54, 1.807) is 0 Å². The van der Waals surface area contributed by atoms with Crippen LogP contribution in [0.15, 0.2) is 24.4 Å². The van der Waals surface area contributed by atoms with E-state index in [0.29, 0.717) is 0 Å². The normalized spacial score (nSPS) is 10.3. The Bertz CT molecular complexity index is 684. The number of nitrogens with one attached hydrogen (secondary N) is 1. The van der Waals surface area contributed by atoms with Crippen LogP contribution >= 0.6 is 0 Å². The summed E-state index contributed by atoms with van der Waals surface area (Å²) in [6, 6.07) is 2.76. The van der Waals surface area contributed by atoms with Crippen molar-refractivity contribution in [2.75, 3.05) is 18.2 Å². The maximum atomic E-state index is 13.1. The van der Waals surface area contributed by atoms with Crippen molar-refractivity contribution in [1.82, 2.24) is 4.98 Å². The van der Waals surface area contributed by atoms with Crippen LogP contribution in [0.25, 0.3) is 0 Å². The number of aromatic nitrogens is 1. The molecular weight excluding hydrogens is 287 g/mol. The molecule has 0 bridgehead atoms. The number of benzene rings is 1. The molecule has 0 saturated carbocycles. The Kier molecular flexibility index (Phi) is 3.97. The van der Waals surface area contributed by atoms with Crippen molar-refractivity contribution in [3.63, 3.8) is 0 Å². The number of ether oxygens (including phenoxy) is 1. The number of nitrogen functional groups attached to an aromatic ring is 1. The van der Waals surface area contributed by atoms with Crippen LogP contribution in [0.1, 0.15) is 10.4 Å². The molecule has 1 aromatic heterocycles. The van der Waals surface area contributed by atoms with Gasteiger partial charge in [-0.3, -0.25) is 0 Å². The van der Waals surface area contributed by atoms with Gasteiger partial charge in [-0.1, -0.05) is 0 Å². The molecule has 0 aliphatic rings. The van der Waals surface area contributed by atoms with E-state index in [0.717, 1.165) is 19.2 Å². The predicted octanol–water partition coefficient (Wildman–Crippen LogP) is 2.61. The first kappa shape index (κ1) is 14.6. The molecule has 0 atom stereocenters. The van der Waals surface area contributed by atoms with Gasteiger partial charge < -0.3 is 15.8 Å². The Morgan fingerprint density at radius 3 is 2.43 bits per heavy atom. The maximum absolute atomic E-state index is 13.1. The quantitative estimate of drug-likeness (QED) is 0.672. The number of methoxy groups -OCH3 is 1. The van der Waals surface area contributed by atoms with Crippen LogP contribution in [0.4, 0.5) is 30.4 Å². The molecule has 3 N–H and O–H groups in total. The maximum Gasteiger partial charge on any atom is 0.341 e. The third-order valence-corrected chi connectivity index (χ3v) is 2.56. The SMILES string of the molecule is COC(=O)c1cc(N)cnc1Nc1cc(F)c(F)c(F)c1. The van der Waals surface area contributed by atoms with Gasteiger partial charge in [0.2, 0.25) is 0 Å². The third-order valence-electron chi connectivity index (χ3n) is 2.56. The minimum Gasteiger partial charge on any atom is -0.465 e. The molecule has 0 aliphatic heterocycles. The number of esters is 1. The zero-order chi connectivity index (χ0) is 15.6. The second kappa shape index (κ2) is 5.70. The molecule has 0 fully saturated rings. The van der Waals surface area contributed by atoms with Gasteiger partial charge in [0.25, 0.3) is 0 Å². The van der Waals surface area contributed by atoms with Gasteiger partial charge in [0.1, 0.15) is 11.4 Å². The van der Waals surface area contributed by atoms with Crippen LogP contribution in [0.2, 0.25) is 0 Å². The summed E-state index contributed by atoms with van der Waals surface area (Å²) in [7, 11) is 1.16. The van der Waals surface area contributed by atoms with E-state index in [-0.39, 0.29) is 22.8 Å². The number of carbonyl (C=O) groups is 1. The zero-order valence-corrected chi connectivity index (χ0v) is 10.8. The van der Waals surface area contributed by atoms with Crippen molar-refractivity contribution < 1.29 is 22.7 Å². The molecule has 0 saturated heterocycles. The summed E-state index contributed by atoms with van der Waals surface area (Å²) in [5.41, 5.74) is 5.58. The van der Waals surface area contributed by atoms with E-state index in [9.17, 15) is 18.0 Å². The molecule has 1 heterocycles. The van der Waals surface area contributed by atoms with Crippen molar-refractivity contribution in [2.45, 2.75) is 0 Å². The van der Waals surface area contributed by atoms with Crippen molar-refractivity contribution in [3.05, 3.63) is 47.4 Å². The molecule has 0 radical (unpaired) electrons. The molecule has 0 amide bonds. The Hall–Kier alpha value is -2.77. The highest BCUT2D eigenvalue weighted by Crippen LogP contribution is 2.24. The van der Waals surface area contributed by atoms with Crippen LogP contribution in [0, 0.1) is 17.5 Å². The second-order valence-corrected chi connectivity index (χ2v) is 4.04. The molecule has 1 aromatic carbocycles. The van der Waals surface area contributed by atoms with E-state index in [1.165, 1.54) is 12.3 Å². The van der Waals surface area contributed by atoms with Crippen LogP contribution in [0.5, 0.6) is 0 Å². The molecule has 2 rings (SSSR count). The number of hydrogen-bond donors (Lipinski definition) is 2. The molecule has 5 nitrogen and oxygen atoms in total. The van der Waals surface area contributed by atoms with Crippen LogP contribution < -0.4 is 11.1 Å². The third kappa shape index (κ3) is 3.04. The number of nitrogens with zero attached hydrogens (tertiary/aromatic N) is 1. The topological polar surface area (TPSA) is 77.2 Å². The summed E-state index contributed by atoms with van der Waals surface area (Å²) in [6.45, 7) is 0. The second-order valence-electron chi connectivity index (χ2n) is 4.04. The molecule has 0 unspecified atom stereocenters. The summed E-state index contributed by atoms with van der Waals surface area (Å²) < 4.78 is 43.7. The van der Waals surface area contributed by atoms with Crippen LogP contribution in [-0.2, 0) is 4.74 Å². The Morgan fingerprint density at radius 2 is 1.86 bits per heavy atom. The fourth-order valence-electron chi connectivity index (χ4n) is 1.61. The minimum absolute atomic E-state index is 0.0253.